The summed E-state index contributed by atoms with van der Waals surface area (Å²) in [5.74, 6) is 0. The van der Waals surface area contributed by atoms with E-state index in [4.69, 9.17) is 0 Å². The average molecular weight is 316 g/mol. The van der Waals surface area contributed by atoms with Crippen LogP contribution in [0.1, 0.15) is 49.8 Å². The lowest BCUT2D eigenvalue weighted by Crippen LogP contribution is -2.35. The van der Waals surface area contributed by atoms with E-state index in [0.717, 1.165) is 30.6 Å². The molecular weight excluding hydrogens is 292 g/mol. The second-order valence-electron chi connectivity index (χ2n) is 5.44. The molecule has 0 aliphatic heterocycles. The van der Waals surface area contributed by atoms with E-state index in [1.54, 1.807) is 11.4 Å². The zero-order valence-electron chi connectivity index (χ0n) is 12.0. The Morgan fingerprint density at radius 1 is 1.20 bits per heavy atom. The van der Waals surface area contributed by atoms with Gasteiger partial charge in [0.15, 0.2) is 0 Å². The quantitative estimate of drug-likeness (QED) is 0.878. The molecule has 2 rings (SSSR count). The van der Waals surface area contributed by atoms with Crippen molar-refractivity contribution < 1.29 is 8.42 Å². The molecule has 1 fully saturated rings. The molecule has 1 aliphatic rings. The highest BCUT2D eigenvalue weighted by atomic mass is 32.2. The van der Waals surface area contributed by atoms with Crippen LogP contribution in [0.3, 0.4) is 0 Å². The third-order valence-electron chi connectivity index (χ3n) is 3.72. The summed E-state index contributed by atoms with van der Waals surface area (Å²) < 4.78 is 27.7. The highest BCUT2D eigenvalue weighted by Crippen LogP contribution is 2.22. The van der Waals surface area contributed by atoms with Gasteiger partial charge in [-0.05, 0) is 26.0 Å². The molecule has 1 heterocycles. The van der Waals surface area contributed by atoms with E-state index >= 15 is 0 Å². The normalized spacial score (nSPS) is 18.6. The lowest BCUT2D eigenvalue weighted by Gasteiger charge is -2.20. The Morgan fingerprint density at radius 2 is 1.85 bits per heavy atom. The Morgan fingerprint density at radius 3 is 2.50 bits per heavy atom. The summed E-state index contributed by atoms with van der Waals surface area (Å²) >= 11 is 1.49. The highest BCUT2D eigenvalue weighted by Gasteiger charge is 2.21. The van der Waals surface area contributed by atoms with E-state index in [1.807, 2.05) is 7.05 Å². The number of hydrogen-bond acceptors (Lipinski definition) is 4. The molecule has 2 N–H and O–H groups in total. The standard InChI is InChI=1S/C14H24N2O2S2/c1-15-10-13-9-14(11-19-13)20(17,18)16-12-7-5-3-2-4-6-8-12/h9,11-12,15-16H,2-8,10H2,1H3. The summed E-state index contributed by atoms with van der Waals surface area (Å²) in [6.45, 7) is 0.712. The van der Waals surface area contributed by atoms with Crippen molar-refractivity contribution in [3.63, 3.8) is 0 Å². The van der Waals surface area contributed by atoms with E-state index in [9.17, 15) is 8.42 Å². The minimum absolute atomic E-state index is 0.105. The Labute approximate surface area is 126 Å². The monoisotopic (exact) mass is 316 g/mol. The molecule has 4 nitrogen and oxygen atoms in total. The van der Waals surface area contributed by atoms with E-state index in [1.165, 1.54) is 30.6 Å². The van der Waals surface area contributed by atoms with Crippen LogP contribution >= 0.6 is 11.3 Å². The van der Waals surface area contributed by atoms with Crippen molar-refractivity contribution in [3.8, 4) is 0 Å². The molecule has 0 bridgehead atoms. The molecule has 1 saturated carbocycles. The summed E-state index contributed by atoms with van der Waals surface area (Å²) in [6, 6.07) is 1.87. The van der Waals surface area contributed by atoms with Gasteiger partial charge < -0.3 is 5.32 Å². The Hall–Kier alpha value is -0.430. The van der Waals surface area contributed by atoms with Crippen LogP contribution in [-0.2, 0) is 16.6 Å². The SMILES string of the molecule is CNCc1cc(S(=O)(=O)NC2CCCCCCC2)cs1. The lowest BCUT2D eigenvalue weighted by atomic mass is 9.97. The van der Waals surface area contributed by atoms with E-state index in [0.29, 0.717) is 11.4 Å². The third kappa shape index (κ3) is 4.55. The number of thiophene rings is 1. The Balaban J connectivity index is 2.01. The molecule has 0 radical (unpaired) electrons. The van der Waals surface area contributed by atoms with Crippen LogP contribution in [0.15, 0.2) is 16.3 Å². The first-order valence-electron chi connectivity index (χ1n) is 7.36. The first-order valence-corrected chi connectivity index (χ1v) is 9.72. The third-order valence-corrected chi connectivity index (χ3v) is 6.30. The molecule has 0 saturated heterocycles. The van der Waals surface area contributed by atoms with Crippen LogP contribution in [0, 0.1) is 0 Å². The van der Waals surface area contributed by atoms with Crippen molar-refractivity contribution in [2.24, 2.45) is 0 Å². The molecule has 20 heavy (non-hydrogen) atoms. The highest BCUT2D eigenvalue weighted by molar-refractivity contribution is 7.89. The van der Waals surface area contributed by atoms with E-state index in [-0.39, 0.29) is 6.04 Å². The van der Waals surface area contributed by atoms with Crippen molar-refractivity contribution in [1.82, 2.24) is 10.0 Å². The molecule has 0 amide bonds. The maximum absolute atomic E-state index is 12.4. The average Bonchev–Trinajstić information content (AvgIpc) is 2.82. The van der Waals surface area contributed by atoms with Crippen molar-refractivity contribution in [2.75, 3.05) is 7.05 Å². The number of nitrogens with one attached hydrogen (secondary N) is 2. The first-order chi connectivity index (χ1) is 9.62. The van der Waals surface area contributed by atoms with Gasteiger partial charge in [0, 0.05) is 22.8 Å². The largest absolute Gasteiger partial charge is 0.315 e. The van der Waals surface area contributed by atoms with Crippen LogP contribution in [0.4, 0.5) is 0 Å². The second kappa shape index (κ2) is 7.54. The van der Waals surface area contributed by atoms with Crippen LogP contribution in [0.2, 0.25) is 0 Å². The smallest absolute Gasteiger partial charge is 0.241 e. The van der Waals surface area contributed by atoms with Crippen LogP contribution in [-0.4, -0.2) is 21.5 Å². The summed E-state index contributed by atoms with van der Waals surface area (Å²) in [7, 11) is -1.49. The fraction of sp³-hybridized carbons (Fsp3) is 0.714. The molecule has 6 heteroatoms. The first kappa shape index (κ1) is 15.9. The zero-order valence-corrected chi connectivity index (χ0v) is 13.7. The lowest BCUT2D eigenvalue weighted by molar-refractivity contribution is 0.426. The van der Waals surface area contributed by atoms with Gasteiger partial charge in [-0.2, -0.15) is 0 Å². The fourth-order valence-corrected chi connectivity index (χ4v) is 5.22. The van der Waals surface area contributed by atoms with Gasteiger partial charge in [0.25, 0.3) is 0 Å². The molecule has 0 aromatic carbocycles. The summed E-state index contributed by atoms with van der Waals surface area (Å²) in [5, 5.41) is 4.77. The predicted molar refractivity (Wildman–Crippen MR) is 83.5 cm³/mol. The topological polar surface area (TPSA) is 58.2 Å². The molecule has 114 valence electrons. The molecule has 1 aliphatic carbocycles. The molecular formula is C14H24N2O2S2. The maximum Gasteiger partial charge on any atom is 0.241 e. The van der Waals surface area contributed by atoms with Gasteiger partial charge in [0.2, 0.25) is 10.0 Å². The van der Waals surface area contributed by atoms with E-state index < -0.39 is 10.0 Å². The van der Waals surface area contributed by atoms with Crippen LogP contribution in [0.5, 0.6) is 0 Å². The number of sulfonamides is 1. The molecule has 1 aromatic rings. The van der Waals surface area contributed by atoms with Crippen LogP contribution < -0.4 is 10.0 Å². The van der Waals surface area contributed by atoms with Crippen molar-refractivity contribution in [2.45, 2.75) is 62.4 Å². The van der Waals surface area contributed by atoms with Gasteiger partial charge in [-0.1, -0.05) is 32.1 Å². The van der Waals surface area contributed by atoms with Gasteiger partial charge in [-0.15, -0.1) is 11.3 Å². The van der Waals surface area contributed by atoms with Crippen molar-refractivity contribution >= 4 is 21.4 Å². The molecule has 0 unspecified atom stereocenters. The molecule has 0 spiro atoms. The fourth-order valence-electron chi connectivity index (χ4n) is 2.63. The minimum Gasteiger partial charge on any atom is -0.315 e. The van der Waals surface area contributed by atoms with Gasteiger partial charge >= 0.3 is 0 Å². The minimum atomic E-state index is -3.35. The van der Waals surface area contributed by atoms with Crippen molar-refractivity contribution in [1.29, 1.82) is 0 Å². The second-order valence-corrected chi connectivity index (χ2v) is 8.15. The van der Waals surface area contributed by atoms with Crippen LogP contribution in [0.25, 0.3) is 0 Å². The predicted octanol–water partition coefficient (Wildman–Crippen LogP) is 2.86. The summed E-state index contributed by atoms with van der Waals surface area (Å²) in [5.41, 5.74) is 0. The number of rotatable bonds is 5. The van der Waals surface area contributed by atoms with Gasteiger partial charge in [-0.25, -0.2) is 13.1 Å². The van der Waals surface area contributed by atoms with Crippen molar-refractivity contribution in [3.05, 3.63) is 16.3 Å². The zero-order chi connectivity index (χ0) is 14.4. The molecule has 1 aromatic heterocycles. The van der Waals surface area contributed by atoms with E-state index in [2.05, 4.69) is 10.0 Å². The Kier molecular flexibility index (Phi) is 6.01. The maximum atomic E-state index is 12.4. The summed E-state index contributed by atoms with van der Waals surface area (Å²) in [4.78, 5) is 1.46. The Bertz CT molecular complexity index is 503. The van der Waals surface area contributed by atoms with Gasteiger partial charge in [-0.3, -0.25) is 0 Å². The van der Waals surface area contributed by atoms with Gasteiger partial charge in [0.05, 0.1) is 4.90 Å². The van der Waals surface area contributed by atoms with Gasteiger partial charge in [0.1, 0.15) is 0 Å². The summed E-state index contributed by atoms with van der Waals surface area (Å²) in [6.07, 6.45) is 7.92. The molecule has 0 atom stereocenters. The number of hydrogen-bond donors (Lipinski definition) is 2.